The Bertz CT molecular complexity index is 1100. The number of halogens is 3. The minimum absolute atomic E-state index is 0.0107. The zero-order valence-corrected chi connectivity index (χ0v) is 16.5. The fourth-order valence-corrected chi connectivity index (χ4v) is 4.23. The monoisotopic (exact) mass is 417 g/mol. The molecule has 5 rings (SSSR count). The van der Waals surface area contributed by atoms with Crippen molar-refractivity contribution in [3.63, 3.8) is 0 Å². The number of nitrogens with one attached hydrogen (secondary N) is 1. The van der Waals surface area contributed by atoms with Crippen LogP contribution in [0.15, 0.2) is 24.3 Å². The van der Waals surface area contributed by atoms with Gasteiger partial charge in [0.25, 0.3) is 5.91 Å². The second kappa shape index (κ2) is 6.85. The smallest absolute Gasteiger partial charge is 0.357 e. The molecule has 3 aromatic rings. The number of carbonyl (C=O) groups excluding carboxylic acids is 1. The number of aromatic amines is 1. The molecule has 2 fully saturated rings. The van der Waals surface area contributed by atoms with Gasteiger partial charge >= 0.3 is 6.18 Å². The number of likely N-dealkylation sites (tertiary alicyclic amines) is 1. The molecule has 1 amide bonds. The molecule has 1 aliphatic carbocycles. The van der Waals surface area contributed by atoms with Crippen LogP contribution in [-0.4, -0.2) is 43.6 Å². The van der Waals surface area contributed by atoms with E-state index >= 15 is 0 Å². The number of amides is 1. The van der Waals surface area contributed by atoms with Crippen molar-refractivity contribution < 1.29 is 18.0 Å². The number of H-pyrrole nitrogens is 1. The number of aromatic nitrogens is 4. The highest BCUT2D eigenvalue weighted by Crippen LogP contribution is 2.39. The number of aryl methyl sites for hydroxylation is 1. The molecule has 1 aliphatic heterocycles. The van der Waals surface area contributed by atoms with E-state index in [0.29, 0.717) is 35.7 Å². The summed E-state index contributed by atoms with van der Waals surface area (Å²) in [5.74, 6) is 0.645. The van der Waals surface area contributed by atoms with Crippen molar-refractivity contribution in [2.24, 2.45) is 7.05 Å². The summed E-state index contributed by atoms with van der Waals surface area (Å²) in [6.07, 6.45) is -0.682. The molecular formula is C21H22F3N5O. The van der Waals surface area contributed by atoms with Gasteiger partial charge in [0.2, 0.25) is 0 Å². The van der Waals surface area contributed by atoms with Gasteiger partial charge in [-0.3, -0.25) is 9.48 Å². The number of nitrogens with zero attached hydrogens (tertiary/aromatic N) is 4. The number of pyridine rings is 1. The highest BCUT2D eigenvalue weighted by molar-refractivity contribution is 5.92. The topological polar surface area (TPSA) is 66.8 Å². The van der Waals surface area contributed by atoms with Gasteiger partial charge in [0, 0.05) is 37.7 Å². The van der Waals surface area contributed by atoms with Crippen molar-refractivity contribution in [2.75, 3.05) is 13.1 Å². The third-order valence-electron chi connectivity index (χ3n) is 6.12. The van der Waals surface area contributed by atoms with E-state index in [2.05, 4.69) is 15.1 Å². The molecule has 1 saturated heterocycles. The first kappa shape index (κ1) is 19.1. The fraction of sp³-hybridized carbons (Fsp3) is 0.476. The van der Waals surface area contributed by atoms with Crippen LogP contribution in [0.5, 0.6) is 0 Å². The minimum atomic E-state index is -4.46. The van der Waals surface area contributed by atoms with Crippen LogP contribution >= 0.6 is 0 Å². The van der Waals surface area contributed by atoms with Crippen LogP contribution in [0.4, 0.5) is 13.2 Å². The Morgan fingerprint density at radius 2 is 1.83 bits per heavy atom. The molecule has 0 unspecified atom stereocenters. The molecule has 9 heteroatoms. The summed E-state index contributed by atoms with van der Waals surface area (Å²) in [6, 6.07) is 6.03. The van der Waals surface area contributed by atoms with Crippen LogP contribution in [0.2, 0.25) is 0 Å². The zero-order chi connectivity index (χ0) is 21.0. The summed E-state index contributed by atoms with van der Waals surface area (Å²) >= 11 is 0. The molecule has 0 atom stereocenters. The molecule has 0 spiro atoms. The number of fused-ring (bicyclic) bond motifs is 1. The summed E-state index contributed by atoms with van der Waals surface area (Å²) in [4.78, 5) is 21.7. The number of rotatable bonds is 3. The van der Waals surface area contributed by atoms with Crippen molar-refractivity contribution in [1.29, 1.82) is 0 Å². The molecule has 0 aromatic carbocycles. The Labute approximate surface area is 171 Å². The van der Waals surface area contributed by atoms with Gasteiger partial charge in [-0.15, -0.1) is 0 Å². The number of hydrogen-bond donors (Lipinski definition) is 1. The largest absolute Gasteiger partial charge is 0.433 e. The minimum Gasteiger partial charge on any atom is -0.357 e. The number of piperidine rings is 1. The third kappa shape index (κ3) is 3.46. The molecule has 0 bridgehead atoms. The molecule has 1 N–H and O–H groups in total. The summed E-state index contributed by atoms with van der Waals surface area (Å²) in [7, 11) is 1.80. The summed E-state index contributed by atoms with van der Waals surface area (Å²) < 4.78 is 40.4. The molecular weight excluding hydrogens is 395 g/mol. The lowest BCUT2D eigenvalue weighted by atomic mass is 9.93. The number of carbonyl (C=O) groups is 1. The Hall–Kier alpha value is -2.84. The van der Waals surface area contributed by atoms with E-state index in [0.717, 1.165) is 43.1 Å². The summed E-state index contributed by atoms with van der Waals surface area (Å²) in [5, 5.41) is 4.48. The van der Waals surface area contributed by atoms with Crippen LogP contribution in [-0.2, 0) is 13.2 Å². The first-order chi connectivity index (χ1) is 14.3. The normalized spacial score (nSPS) is 18.3. The van der Waals surface area contributed by atoms with Crippen LogP contribution in [0, 0.1) is 0 Å². The van der Waals surface area contributed by atoms with E-state index in [9.17, 15) is 18.0 Å². The maximum absolute atomic E-state index is 12.9. The van der Waals surface area contributed by atoms with Gasteiger partial charge in [-0.05, 0) is 49.9 Å². The molecule has 3 aromatic heterocycles. The average molecular weight is 417 g/mol. The highest BCUT2D eigenvalue weighted by Gasteiger charge is 2.33. The van der Waals surface area contributed by atoms with Gasteiger partial charge in [-0.25, -0.2) is 4.98 Å². The van der Waals surface area contributed by atoms with Crippen LogP contribution in [0.25, 0.3) is 11.0 Å². The molecule has 6 nitrogen and oxygen atoms in total. The standard InChI is InChI=1S/C21H22F3N5O/c1-28-18(11-16(27-28)12-2-3-12)20(30)29-8-6-13(7-9-29)15-10-17-14(25-15)4-5-19(26-17)21(22,23)24/h4-5,10-13,25H,2-3,6-9H2,1H3. The number of alkyl halides is 3. The fourth-order valence-electron chi connectivity index (χ4n) is 4.23. The van der Waals surface area contributed by atoms with Crippen molar-refractivity contribution in [3.8, 4) is 0 Å². The van der Waals surface area contributed by atoms with Crippen molar-refractivity contribution in [2.45, 2.75) is 43.7 Å². The lowest BCUT2D eigenvalue weighted by Gasteiger charge is -2.31. The third-order valence-corrected chi connectivity index (χ3v) is 6.12. The molecule has 158 valence electrons. The maximum atomic E-state index is 12.9. The van der Waals surface area contributed by atoms with E-state index in [1.54, 1.807) is 17.8 Å². The maximum Gasteiger partial charge on any atom is 0.433 e. The predicted molar refractivity (Wildman–Crippen MR) is 104 cm³/mol. The Balaban J connectivity index is 1.28. The Morgan fingerprint density at radius 3 is 2.50 bits per heavy atom. The van der Waals surface area contributed by atoms with Gasteiger partial charge in [0.15, 0.2) is 0 Å². The van der Waals surface area contributed by atoms with E-state index < -0.39 is 11.9 Å². The van der Waals surface area contributed by atoms with Gasteiger partial charge in [0.1, 0.15) is 11.4 Å². The SMILES string of the molecule is Cn1nc(C2CC2)cc1C(=O)N1CCC(c2cc3nc(C(F)(F)F)ccc3[nH]2)CC1. The van der Waals surface area contributed by atoms with Gasteiger partial charge < -0.3 is 9.88 Å². The van der Waals surface area contributed by atoms with Crippen molar-refractivity contribution in [1.82, 2.24) is 24.6 Å². The van der Waals surface area contributed by atoms with E-state index in [-0.39, 0.29) is 11.8 Å². The van der Waals surface area contributed by atoms with Crippen LogP contribution < -0.4 is 0 Å². The van der Waals surface area contributed by atoms with E-state index in [4.69, 9.17) is 0 Å². The van der Waals surface area contributed by atoms with Crippen molar-refractivity contribution >= 4 is 16.9 Å². The molecule has 0 radical (unpaired) electrons. The Morgan fingerprint density at radius 1 is 1.10 bits per heavy atom. The van der Waals surface area contributed by atoms with Crippen LogP contribution in [0.3, 0.4) is 0 Å². The molecule has 1 saturated carbocycles. The highest BCUT2D eigenvalue weighted by atomic mass is 19.4. The van der Waals surface area contributed by atoms with Gasteiger partial charge in [-0.1, -0.05) is 0 Å². The quantitative estimate of drug-likeness (QED) is 0.694. The first-order valence-corrected chi connectivity index (χ1v) is 10.2. The van der Waals surface area contributed by atoms with E-state index in [1.807, 2.05) is 11.0 Å². The molecule has 30 heavy (non-hydrogen) atoms. The molecule has 2 aliphatic rings. The average Bonchev–Trinajstić information content (AvgIpc) is 3.36. The zero-order valence-electron chi connectivity index (χ0n) is 16.5. The number of hydrogen-bond acceptors (Lipinski definition) is 3. The second-order valence-corrected chi connectivity index (χ2v) is 8.27. The molecule has 4 heterocycles. The summed E-state index contributed by atoms with van der Waals surface area (Å²) in [6.45, 7) is 1.20. The van der Waals surface area contributed by atoms with Gasteiger partial charge in [0.05, 0.1) is 16.7 Å². The lowest BCUT2D eigenvalue weighted by Crippen LogP contribution is -2.38. The van der Waals surface area contributed by atoms with E-state index in [1.165, 1.54) is 6.07 Å². The summed E-state index contributed by atoms with van der Waals surface area (Å²) in [5.41, 5.74) is 2.52. The van der Waals surface area contributed by atoms with Crippen LogP contribution in [0.1, 0.15) is 65.1 Å². The predicted octanol–water partition coefficient (Wildman–Crippen LogP) is 4.21. The second-order valence-electron chi connectivity index (χ2n) is 8.27. The van der Waals surface area contributed by atoms with Gasteiger partial charge in [-0.2, -0.15) is 18.3 Å². The first-order valence-electron chi connectivity index (χ1n) is 10.2. The Kier molecular flexibility index (Phi) is 4.37. The van der Waals surface area contributed by atoms with Crippen molar-refractivity contribution in [3.05, 3.63) is 47.0 Å². The lowest BCUT2D eigenvalue weighted by molar-refractivity contribution is -0.140.